The van der Waals surface area contributed by atoms with Gasteiger partial charge in [0.2, 0.25) is 0 Å². The fraction of sp³-hybridized carbons (Fsp3) is 0.357. The number of rotatable bonds is 4. The number of benzene rings is 1. The van der Waals surface area contributed by atoms with Gasteiger partial charge in [0.1, 0.15) is 6.10 Å². The van der Waals surface area contributed by atoms with Gasteiger partial charge in [-0.1, -0.05) is 31.2 Å². The molecule has 1 aromatic carbocycles. The van der Waals surface area contributed by atoms with Crippen LogP contribution in [0.4, 0.5) is 0 Å². The molecule has 2 rings (SSSR count). The van der Waals surface area contributed by atoms with Gasteiger partial charge in [0.15, 0.2) is 0 Å². The molecule has 0 saturated heterocycles. The van der Waals surface area contributed by atoms with E-state index in [4.69, 9.17) is 0 Å². The van der Waals surface area contributed by atoms with Crippen LogP contribution in [0.2, 0.25) is 0 Å². The van der Waals surface area contributed by atoms with E-state index in [1.807, 2.05) is 50.2 Å². The second-order valence-corrected chi connectivity index (χ2v) is 4.22. The molecule has 0 saturated carbocycles. The van der Waals surface area contributed by atoms with Gasteiger partial charge in [-0.15, -0.1) is 0 Å². The Morgan fingerprint density at radius 2 is 2.00 bits per heavy atom. The van der Waals surface area contributed by atoms with Crippen molar-refractivity contribution in [3.8, 4) is 0 Å². The molecule has 1 heterocycles. The number of fused-ring (bicyclic) bond motifs is 1. The SMILES string of the molecule is CCNC(C)C(O)c1ccc2ccccc2n1. The molecule has 17 heavy (non-hydrogen) atoms. The molecule has 0 aliphatic carbocycles. The highest BCUT2D eigenvalue weighted by molar-refractivity contribution is 5.78. The van der Waals surface area contributed by atoms with Crippen molar-refractivity contribution in [2.24, 2.45) is 0 Å². The lowest BCUT2D eigenvalue weighted by Gasteiger charge is -2.19. The molecule has 3 heteroatoms. The van der Waals surface area contributed by atoms with Crippen molar-refractivity contribution in [1.29, 1.82) is 0 Å². The van der Waals surface area contributed by atoms with Gasteiger partial charge in [0.05, 0.1) is 11.2 Å². The zero-order valence-electron chi connectivity index (χ0n) is 10.2. The normalized spacial score (nSPS) is 14.8. The number of likely N-dealkylation sites (N-methyl/N-ethyl adjacent to an activating group) is 1. The molecule has 0 bridgehead atoms. The molecule has 0 aliphatic rings. The number of para-hydroxylation sites is 1. The Balaban J connectivity index is 2.29. The number of nitrogens with zero attached hydrogens (tertiary/aromatic N) is 1. The Bertz CT molecular complexity index is 498. The molecule has 0 fully saturated rings. The minimum absolute atomic E-state index is 0.00802. The van der Waals surface area contributed by atoms with Crippen molar-refractivity contribution >= 4 is 10.9 Å². The maximum absolute atomic E-state index is 10.2. The van der Waals surface area contributed by atoms with Gasteiger partial charge in [-0.25, -0.2) is 0 Å². The summed E-state index contributed by atoms with van der Waals surface area (Å²) >= 11 is 0. The molecular formula is C14H18N2O. The van der Waals surface area contributed by atoms with Crippen LogP contribution in [0.1, 0.15) is 25.6 Å². The van der Waals surface area contributed by atoms with E-state index in [2.05, 4.69) is 10.3 Å². The zero-order valence-corrected chi connectivity index (χ0v) is 10.2. The molecule has 0 radical (unpaired) electrons. The molecule has 0 amide bonds. The van der Waals surface area contributed by atoms with Crippen LogP contribution in [0.3, 0.4) is 0 Å². The molecule has 2 atom stereocenters. The average molecular weight is 230 g/mol. The van der Waals surface area contributed by atoms with Crippen LogP contribution in [-0.2, 0) is 0 Å². The molecule has 2 N–H and O–H groups in total. The topological polar surface area (TPSA) is 45.1 Å². The number of nitrogens with one attached hydrogen (secondary N) is 1. The summed E-state index contributed by atoms with van der Waals surface area (Å²) in [5, 5.41) is 14.5. The highest BCUT2D eigenvalue weighted by Gasteiger charge is 2.16. The lowest BCUT2D eigenvalue weighted by atomic mass is 10.1. The summed E-state index contributed by atoms with van der Waals surface area (Å²) < 4.78 is 0. The van der Waals surface area contributed by atoms with Crippen molar-refractivity contribution in [3.63, 3.8) is 0 Å². The second kappa shape index (κ2) is 5.25. The Morgan fingerprint density at radius 1 is 1.24 bits per heavy atom. The van der Waals surface area contributed by atoms with E-state index in [1.165, 1.54) is 0 Å². The first-order valence-corrected chi connectivity index (χ1v) is 5.99. The monoisotopic (exact) mass is 230 g/mol. The first-order chi connectivity index (χ1) is 8.22. The van der Waals surface area contributed by atoms with E-state index in [0.717, 1.165) is 23.1 Å². The number of aliphatic hydroxyl groups excluding tert-OH is 1. The van der Waals surface area contributed by atoms with E-state index in [-0.39, 0.29) is 6.04 Å². The lowest BCUT2D eigenvalue weighted by Crippen LogP contribution is -2.32. The zero-order chi connectivity index (χ0) is 12.3. The minimum Gasteiger partial charge on any atom is -0.385 e. The van der Waals surface area contributed by atoms with Gasteiger partial charge >= 0.3 is 0 Å². The third kappa shape index (κ3) is 2.62. The Labute approximate surface area is 102 Å². The van der Waals surface area contributed by atoms with Crippen LogP contribution in [-0.4, -0.2) is 22.7 Å². The summed E-state index contributed by atoms with van der Waals surface area (Å²) in [7, 11) is 0. The summed E-state index contributed by atoms with van der Waals surface area (Å²) in [5.74, 6) is 0. The Morgan fingerprint density at radius 3 is 2.76 bits per heavy atom. The maximum Gasteiger partial charge on any atom is 0.111 e. The fourth-order valence-electron chi connectivity index (χ4n) is 1.94. The van der Waals surface area contributed by atoms with Crippen molar-refractivity contribution in [3.05, 3.63) is 42.1 Å². The minimum atomic E-state index is -0.570. The van der Waals surface area contributed by atoms with Gasteiger partial charge < -0.3 is 10.4 Å². The number of aromatic nitrogens is 1. The predicted molar refractivity (Wildman–Crippen MR) is 69.8 cm³/mol. The molecule has 2 unspecified atom stereocenters. The Hall–Kier alpha value is -1.45. The van der Waals surface area contributed by atoms with Crippen LogP contribution < -0.4 is 5.32 Å². The second-order valence-electron chi connectivity index (χ2n) is 4.22. The van der Waals surface area contributed by atoms with Crippen molar-refractivity contribution in [1.82, 2.24) is 10.3 Å². The average Bonchev–Trinajstić information content (AvgIpc) is 2.37. The molecule has 90 valence electrons. The first-order valence-electron chi connectivity index (χ1n) is 5.99. The molecule has 1 aromatic heterocycles. The van der Waals surface area contributed by atoms with Crippen molar-refractivity contribution in [2.45, 2.75) is 26.0 Å². The van der Waals surface area contributed by atoms with Crippen molar-refractivity contribution < 1.29 is 5.11 Å². The van der Waals surface area contributed by atoms with E-state index >= 15 is 0 Å². The van der Waals surface area contributed by atoms with Gasteiger partial charge in [-0.3, -0.25) is 4.98 Å². The quantitative estimate of drug-likeness (QED) is 0.847. The number of pyridine rings is 1. The standard InChI is InChI=1S/C14H18N2O/c1-3-15-10(2)14(17)13-9-8-11-6-4-5-7-12(11)16-13/h4-10,14-15,17H,3H2,1-2H3. The number of aliphatic hydroxyl groups is 1. The summed E-state index contributed by atoms with van der Waals surface area (Å²) in [6, 6.07) is 11.8. The fourth-order valence-corrected chi connectivity index (χ4v) is 1.94. The Kier molecular flexibility index (Phi) is 3.71. The van der Waals surface area contributed by atoms with Gasteiger partial charge in [0, 0.05) is 11.4 Å². The van der Waals surface area contributed by atoms with E-state index in [1.54, 1.807) is 0 Å². The van der Waals surface area contributed by atoms with Crippen LogP contribution in [0.25, 0.3) is 10.9 Å². The van der Waals surface area contributed by atoms with Crippen LogP contribution >= 0.6 is 0 Å². The summed E-state index contributed by atoms with van der Waals surface area (Å²) in [5.41, 5.74) is 1.64. The number of hydrogen-bond donors (Lipinski definition) is 2. The largest absolute Gasteiger partial charge is 0.385 e. The predicted octanol–water partition coefficient (Wildman–Crippen LogP) is 2.27. The summed E-state index contributed by atoms with van der Waals surface area (Å²) in [6.45, 7) is 4.83. The number of hydrogen-bond acceptors (Lipinski definition) is 3. The van der Waals surface area contributed by atoms with Gasteiger partial charge in [-0.05, 0) is 25.6 Å². The summed E-state index contributed by atoms with van der Waals surface area (Å²) in [4.78, 5) is 4.49. The van der Waals surface area contributed by atoms with Crippen LogP contribution in [0.15, 0.2) is 36.4 Å². The third-order valence-electron chi connectivity index (χ3n) is 2.92. The molecule has 2 aromatic rings. The smallest absolute Gasteiger partial charge is 0.111 e. The molecular weight excluding hydrogens is 212 g/mol. The molecule has 3 nitrogen and oxygen atoms in total. The highest BCUT2D eigenvalue weighted by Crippen LogP contribution is 2.18. The summed E-state index contributed by atoms with van der Waals surface area (Å²) in [6.07, 6.45) is -0.570. The lowest BCUT2D eigenvalue weighted by molar-refractivity contribution is 0.133. The van der Waals surface area contributed by atoms with E-state index in [0.29, 0.717) is 0 Å². The molecule has 0 aliphatic heterocycles. The van der Waals surface area contributed by atoms with Crippen molar-refractivity contribution in [2.75, 3.05) is 6.54 Å². The highest BCUT2D eigenvalue weighted by atomic mass is 16.3. The van der Waals surface area contributed by atoms with E-state index < -0.39 is 6.10 Å². The molecule has 0 spiro atoms. The van der Waals surface area contributed by atoms with Crippen LogP contribution in [0.5, 0.6) is 0 Å². The first kappa shape index (κ1) is 12.0. The maximum atomic E-state index is 10.2. The van der Waals surface area contributed by atoms with E-state index in [9.17, 15) is 5.11 Å². The van der Waals surface area contributed by atoms with Gasteiger partial charge in [0.25, 0.3) is 0 Å². The van der Waals surface area contributed by atoms with Crippen LogP contribution in [0, 0.1) is 0 Å². The third-order valence-corrected chi connectivity index (χ3v) is 2.92. The van der Waals surface area contributed by atoms with Gasteiger partial charge in [-0.2, -0.15) is 0 Å².